The molecule has 8 heteroatoms. The lowest BCUT2D eigenvalue weighted by Crippen LogP contribution is -2.18. The Morgan fingerprint density at radius 3 is 2.12 bits per heavy atom. The van der Waals surface area contributed by atoms with Crippen LogP contribution in [0.5, 0.6) is 17.2 Å². The van der Waals surface area contributed by atoms with E-state index < -0.39 is 0 Å². The van der Waals surface area contributed by atoms with Gasteiger partial charge in [-0.1, -0.05) is 18.2 Å². The molecule has 1 saturated carbocycles. The summed E-state index contributed by atoms with van der Waals surface area (Å²) in [4.78, 5) is 21.7. The van der Waals surface area contributed by atoms with Crippen LogP contribution in [0.25, 0.3) is 0 Å². The zero-order valence-electron chi connectivity index (χ0n) is 19.1. The number of hydrogen-bond donors (Lipinski definition) is 2. The molecule has 2 aromatic rings. The van der Waals surface area contributed by atoms with Crippen LogP contribution < -0.4 is 20.5 Å². The number of nitrogens with two attached hydrogens (primary N) is 1. The number of benzene rings is 2. The summed E-state index contributed by atoms with van der Waals surface area (Å²) < 4.78 is 21.6. The second-order valence-electron chi connectivity index (χ2n) is 7.93. The molecule has 2 atom stereocenters. The fourth-order valence-corrected chi connectivity index (χ4v) is 3.46. The van der Waals surface area contributed by atoms with Crippen molar-refractivity contribution in [3.8, 4) is 17.2 Å². The standard InChI is InChI=1S/C15H15NO3.C6H10O2.C4H7NO/c1-16-15(17)13-8-3-4-9-14(13)19-12-7-5-6-11(10-12)18-2;1-3-7-6-2-4-8-5(1)6;5-4(6)3-1-2-3/h3-10H,1-2H3,(H,16,17);5-6H,1-4H2;3H,1-2H2,(H2,5,6). The van der Waals surface area contributed by atoms with Crippen molar-refractivity contribution in [2.45, 2.75) is 37.9 Å². The third kappa shape index (κ3) is 7.47. The van der Waals surface area contributed by atoms with E-state index in [1.54, 1.807) is 38.4 Å². The number of methoxy groups -OCH3 is 1. The molecule has 3 fully saturated rings. The summed E-state index contributed by atoms with van der Waals surface area (Å²) in [6, 6.07) is 14.3. The van der Waals surface area contributed by atoms with Crippen molar-refractivity contribution in [1.29, 1.82) is 0 Å². The maximum Gasteiger partial charge on any atom is 0.254 e. The van der Waals surface area contributed by atoms with E-state index in [9.17, 15) is 9.59 Å². The van der Waals surface area contributed by atoms with Gasteiger partial charge in [0, 0.05) is 32.2 Å². The Morgan fingerprint density at radius 2 is 1.58 bits per heavy atom. The summed E-state index contributed by atoms with van der Waals surface area (Å²) in [5.74, 6) is 1.76. The fraction of sp³-hybridized carbons (Fsp3) is 0.440. The van der Waals surface area contributed by atoms with Gasteiger partial charge in [-0.2, -0.15) is 0 Å². The molecule has 3 aliphatic rings. The van der Waals surface area contributed by atoms with Crippen LogP contribution >= 0.6 is 0 Å². The van der Waals surface area contributed by atoms with E-state index in [4.69, 9.17) is 24.7 Å². The number of ether oxygens (including phenoxy) is 4. The second kappa shape index (κ2) is 12.2. The van der Waals surface area contributed by atoms with E-state index in [-0.39, 0.29) is 17.7 Å². The predicted octanol–water partition coefficient (Wildman–Crippen LogP) is 3.29. The summed E-state index contributed by atoms with van der Waals surface area (Å²) in [5.41, 5.74) is 5.35. The topological polar surface area (TPSA) is 109 Å². The Balaban J connectivity index is 0.000000176. The predicted molar refractivity (Wildman–Crippen MR) is 124 cm³/mol. The number of amides is 2. The van der Waals surface area contributed by atoms with Gasteiger partial charge in [0.2, 0.25) is 5.91 Å². The molecule has 0 bridgehead atoms. The lowest BCUT2D eigenvalue weighted by Gasteiger charge is -2.10. The molecule has 2 aliphatic heterocycles. The summed E-state index contributed by atoms with van der Waals surface area (Å²) in [5, 5.41) is 2.59. The van der Waals surface area contributed by atoms with E-state index >= 15 is 0 Å². The van der Waals surface area contributed by atoms with Gasteiger partial charge in [0.25, 0.3) is 5.91 Å². The smallest absolute Gasteiger partial charge is 0.254 e. The van der Waals surface area contributed by atoms with Gasteiger partial charge in [-0.15, -0.1) is 0 Å². The van der Waals surface area contributed by atoms with Gasteiger partial charge in [-0.25, -0.2) is 0 Å². The minimum Gasteiger partial charge on any atom is -0.497 e. The quantitative estimate of drug-likeness (QED) is 0.715. The van der Waals surface area contributed by atoms with Gasteiger partial charge < -0.3 is 30.0 Å². The van der Waals surface area contributed by atoms with Gasteiger partial charge in [0.05, 0.1) is 24.9 Å². The second-order valence-corrected chi connectivity index (χ2v) is 7.93. The lowest BCUT2D eigenvalue weighted by molar-refractivity contribution is -0.119. The van der Waals surface area contributed by atoms with Gasteiger partial charge >= 0.3 is 0 Å². The molecule has 2 unspecified atom stereocenters. The average Bonchev–Trinajstić information content (AvgIpc) is 3.45. The highest BCUT2D eigenvalue weighted by molar-refractivity contribution is 5.96. The maximum atomic E-state index is 11.7. The van der Waals surface area contributed by atoms with E-state index in [2.05, 4.69) is 5.32 Å². The van der Waals surface area contributed by atoms with Crippen LogP contribution in [-0.2, 0) is 14.3 Å². The highest BCUT2D eigenvalue weighted by atomic mass is 16.6. The number of para-hydroxylation sites is 1. The van der Waals surface area contributed by atoms with Crippen LogP contribution in [-0.4, -0.2) is 51.4 Å². The van der Waals surface area contributed by atoms with Crippen molar-refractivity contribution in [1.82, 2.24) is 5.32 Å². The first-order valence-electron chi connectivity index (χ1n) is 11.2. The molecule has 2 saturated heterocycles. The van der Waals surface area contributed by atoms with Crippen molar-refractivity contribution in [3.63, 3.8) is 0 Å². The number of primary amides is 1. The van der Waals surface area contributed by atoms with Gasteiger partial charge in [-0.3, -0.25) is 9.59 Å². The average molecular weight is 457 g/mol. The molecule has 5 rings (SSSR count). The van der Waals surface area contributed by atoms with Crippen molar-refractivity contribution in [2.75, 3.05) is 27.4 Å². The minimum absolute atomic E-state index is 0.130. The first kappa shape index (κ1) is 24.5. The van der Waals surface area contributed by atoms with Gasteiger partial charge in [-0.05, 0) is 49.9 Å². The van der Waals surface area contributed by atoms with Crippen molar-refractivity contribution in [3.05, 3.63) is 54.1 Å². The SMILES string of the molecule is C1CC2OCCC2O1.CNC(=O)c1ccccc1Oc1cccc(OC)c1.NC(=O)C1CC1. The minimum atomic E-state index is -0.182. The van der Waals surface area contributed by atoms with Crippen LogP contribution in [0.4, 0.5) is 0 Å². The molecule has 0 aromatic heterocycles. The van der Waals surface area contributed by atoms with E-state index in [1.807, 2.05) is 24.3 Å². The highest BCUT2D eigenvalue weighted by Crippen LogP contribution is 2.28. The molecular weight excluding hydrogens is 424 g/mol. The van der Waals surface area contributed by atoms with Gasteiger partial charge in [0.15, 0.2) is 0 Å². The molecule has 3 N–H and O–H groups in total. The fourth-order valence-electron chi connectivity index (χ4n) is 3.46. The normalized spacial score (nSPS) is 20.3. The molecule has 8 nitrogen and oxygen atoms in total. The number of nitrogens with one attached hydrogen (secondary N) is 1. The first-order valence-corrected chi connectivity index (χ1v) is 11.2. The van der Waals surface area contributed by atoms with Crippen LogP contribution in [0, 0.1) is 5.92 Å². The van der Waals surface area contributed by atoms with E-state index in [0.29, 0.717) is 35.0 Å². The zero-order chi connectivity index (χ0) is 23.6. The van der Waals surface area contributed by atoms with Crippen LogP contribution in [0.2, 0.25) is 0 Å². The summed E-state index contributed by atoms with van der Waals surface area (Å²) >= 11 is 0. The molecule has 1 aliphatic carbocycles. The maximum absolute atomic E-state index is 11.7. The third-order valence-electron chi connectivity index (χ3n) is 5.49. The lowest BCUT2D eigenvalue weighted by atomic mass is 10.2. The van der Waals surface area contributed by atoms with Crippen LogP contribution in [0.15, 0.2) is 48.5 Å². The molecular formula is C25H32N2O6. The van der Waals surface area contributed by atoms with Gasteiger partial charge in [0.1, 0.15) is 17.2 Å². The molecule has 33 heavy (non-hydrogen) atoms. The van der Waals surface area contributed by atoms with Crippen molar-refractivity contribution in [2.24, 2.45) is 11.7 Å². The summed E-state index contributed by atoms with van der Waals surface area (Å²) in [6.07, 6.45) is 5.19. The Morgan fingerprint density at radius 1 is 0.939 bits per heavy atom. The Labute approximate surface area is 194 Å². The van der Waals surface area contributed by atoms with E-state index in [0.717, 1.165) is 38.9 Å². The molecule has 178 valence electrons. The van der Waals surface area contributed by atoms with Crippen LogP contribution in [0.3, 0.4) is 0 Å². The molecule has 0 spiro atoms. The Hall–Kier alpha value is -3.10. The first-order chi connectivity index (χ1) is 16.0. The monoisotopic (exact) mass is 456 g/mol. The molecule has 2 amide bonds. The molecule has 2 heterocycles. The van der Waals surface area contributed by atoms with Crippen molar-refractivity contribution >= 4 is 11.8 Å². The third-order valence-corrected chi connectivity index (χ3v) is 5.49. The number of carbonyl (C=O) groups is 2. The summed E-state index contributed by atoms with van der Waals surface area (Å²) in [6.45, 7) is 1.82. The number of hydrogen-bond acceptors (Lipinski definition) is 6. The zero-order valence-corrected chi connectivity index (χ0v) is 19.1. The largest absolute Gasteiger partial charge is 0.497 e. The number of carbonyl (C=O) groups excluding carboxylic acids is 2. The molecule has 2 aromatic carbocycles. The Bertz CT molecular complexity index is 911. The van der Waals surface area contributed by atoms with Crippen molar-refractivity contribution < 1.29 is 28.5 Å². The van der Waals surface area contributed by atoms with E-state index in [1.165, 1.54) is 0 Å². The Kier molecular flexibility index (Phi) is 9.09. The molecule has 0 radical (unpaired) electrons. The number of fused-ring (bicyclic) bond motifs is 1. The summed E-state index contributed by atoms with van der Waals surface area (Å²) in [7, 11) is 3.18. The highest BCUT2D eigenvalue weighted by Gasteiger charge is 2.33. The van der Waals surface area contributed by atoms with Crippen LogP contribution in [0.1, 0.15) is 36.0 Å². The number of rotatable bonds is 5.